The Labute approximate surface area is 152 Å². The molecule has 1 amide bonds. The van der Waals surface area contributed by atoms with Crippen LogP contribution in [0, 0.1) is 0 Å². The number of hydrogen-bond donors (Lipinski definition) is 0. The molecule has 3 aromatic heterocycles. The third kappa shape index (κ3) is 3.37. The summed E-state index contributed by atoms with van der Waals surface area (Å²) in [5, 5.41) is 4.09. The Kier molecular flexibility index (Phi) is 4.51. The molecule has 0 saturated carbocycles. The lowest BCUT2D eigenvalue weighted by molar-refractivity contribution is 0.0710. The van der Waals surface area contributed by atoms with Crippen LogP contribution < -0.4 is 0 Å². The number of amides is 1. The number of piperidine rings is 1. The van der Waals surface area contributed by atoms with E-state index in [4.69, 9.17) is 0 Å². The number of carbonyl (C=O) groups is 1. The van der Waals surface area contributed by atoms with E-state index in [2.05, 4.69) is 25.7 Å². The van der Waals surface area contributed by atoms with Crippen molar-refractivity contribution in [1.29, 1.82) is 0 Å². The van der Waals surface area contributed by atoms with Crippen molar-refractivity contribution in [2.75, 3.05) is 13.1 Å². The summed E-state index contributed by atoms with van der Waals surface area (Å²) < 4.78 is 3.86. The minimum Gasteiger partial charge on any atom is -0.339 e. The molecule has 1 aliphatic rings. The van der Waals surface area contributed by atoms with Gasteiger partial charge in [-0.15, -0.1) is 0 Å². The summed E-state index contributed by atoms with van der Waals surface area (Å²) in [7, 11) is 1.82. The summed E-state index contributed by atoms with van der Waals surface area (Å²) >= 11 is 0. The smallest absolute Gasteiger partial charge is 0.257 e. The van der Waals surface area contributed by atoms with Crippen molar-refractivity contribution in [3.63, 3.8) is 0 Å². The Morgan fingerprint density at radius 2 is 2.08 bits per heavy atom. The van der Waals surface area contributed by atoms with E-state index in [1.165, 1.54) is 0 Å². The predicted octanol–water partition coefficient (Wildman–Crippen LogP) is 2.08. The van der Waals surface area contributed by atoms with Crippen molar-refractivity contribution in [3.05, 3.63) is 66.3 Å². The Bertz CT molecular complexity index is 876. The largest absolute Gasteiger partial charge is 0.339 e. The molecule has 0 bridgehead atoms. The number of imidazole rings is 1. The van der Waals surface area contributed by atoms with E-state index in [1.807, 2.05) is 36.6 Å². The van der Waals surface area contributed by atoms with Gasteiger partial charge in [0.2, 0.25) is 0 Å². The minimum atomic E-state index is 0.0650. The predicted molar refractivity (Wildman–Crippen MR) is 96.7 cm³/mol. The van der Waals surface area contributed by atoms with Gasteiger partial charge in [0.1, 0.15) is 5.82 Å². The Morgan fingerprint density at radius 1 is 1.23 bits per heavy atom. The first kappa shape index (κ1) is 16.5. The summed E-state index contributed by atoms with van der Waals surface area (Å²) in [4.78, 5) is 23.3. The number of carbonyl (C=O) groups excluding carboxylic acids is 1. The third-order valence-corrected chi connectivity index (χ3v) is 4.92. The van der Waals surface area contributed by atoms with E-state index < -0.39 is 0 Å². The molecule has 4 heterocycles. The van der Waals surface area contributed by atoms with Crippen molar-refractivity contribution in [1.82, 2.24) is 29.2 Å². The van der Waals surface area contributed by atoms with Gasteiger partial charge >= 0.3 is 0 Å². The van der Waals surface area contributed by atoms with Gasteiger partial charge in [-0.3, -0.25) is 14.5 Å². The molecule has 0 unspecified atom stereocenters. The van der Waals surface area contributed by atoms with Gasteiger partial charge in [0.05, 0.1) is 18.3 Å². The molecule has 1 fully saturated rings. The van der Waals surface area contributed by atoms with E-state index in [0.29, 0.717) is 11.5 Å². The van der Waals surface area contributed by atoms with Crippen LogP contribution in [0.15, 0.2) is 49.3 Å². The quantitative estimate of drug-likeness (QED) is 0.722. The summed E-state index contributed by atoms with van der Waals surface area (Å²) in [5.41, 5.74) is 1.82. The van der Waals surface area contributed by atoms with Crippen LogP contribution in [0.5, 0.6) is 0 Å². The number of aryl methyl sites for hydroxylation is 1. The lowest BCUT2D eigenvalue weighted by Crippen LogP contribution is -2.38. The second-order valence-corrected chi connectivity index (χ2v) is 6.74. The second-order valence-electron chi connectivity index (χ2n) is 6.74. The van der Waals surface area contributed by atoms with E-state index in [1.54, 1.807) is 23.3 Å². The molecule has 0 aromatic carbocycles. The van der Waals surface area contributed by atoms with Crippen molar-refractivity contribution >= 4 is 5.91 Å². The molecule has 0 N–H and O–H groups in total. The lowest BCUT2D eigenvalue weighted by atomic mass is 9.95. The topological polar surface area (TPSA) is 68.8 Å². The molecule has 0 atom stereocenters. The van der Waals surface area contributed by atoms with Crippen LogP contribution in [0.25, 0.3) is 0 Å². The van der Waals surface area contributed by atoms with Crippen molar-refractivity contribution < 1.29 is 4.79 Å². The molecular weight excluding hydrogens is 328 g/mol. The van der Waals surface area contributed by atoms with E-state index in [9.17, 15) is 4.79 Å². The normalized spacial score (nSPS) is 15.3. The molecule has 134 valence electrons. The summed E-state index contributed by atoms with van der Waals surface area (Å²) in [6, 6.07) is 4.03. The molecule has 7 heteroatoms. The average Bonchev–Trinajstić information content (AvgIpc) is 3.31. The average molecular weight is 350 g/mol. The first-order valence-corrected chi connectivity index (χ1v) is 8.88. The first-order valence-electron chi connectivity index (χ1n) is 8.88. The van der Waals surface area contributed by atoms with Crippen molar-refractivity contribution in [3.8, 4) is 0 Å². The number of hydrogen-bond acceptors (Lipinski definition) is 4. The van der Waals surface area contributed by atoms with Gasteiger partial charge in [-0.05, 0) is 24.5 Å². The molecule has 7 nitrogen and oxygen atoms in total. The van der Waals surface area contributed by atoms with E-state index >= 15 is 0 Å². The monoisotopic (exact) mass is 350 g/mol. The molecule has 26 heavy (non-hydrogen) atoms. The standard InChI is InChI=1S/C19H22N6O/c1-23-14-17(12-22-23)19(26)24-8-4-16(5-9-24)18-21-7-10-25(18)13-15-3-2-6-20-11-15/h2-3,6-7,10-12,14,16H,4-5,8-9,13H2,1H3. The van der Waals surface area contributed by atoms with Crippen LogP contribution in [0.4, 0.5) is 0 Å². The number of likely N-dealkylation sites (tertiary alicyclic amines) is 1. The summed E-state index contributed by atoms with van der Waals surface area (Å²) in [6.07, 6.45) is 12.8. The number of rotatable bonds is 4. The maximum atomic E-state index is 12.6. The van der Waals surface area contributed by atoms with E-state index in [-0.39, 0.29) is 5.91 Å². The zero-order valence-corrected chi connectivity index (χ0v) is 14.8. The maximum absolute atomic E-state index is 12.6. The summed E-state index contributed by atoms with van der Waals surface area (Å²) in [5.74, 6) is 1.54. The highest BCUT2D eigenvalue weighted by molar-refractivity contribution is 5.93. The molecule has 0 radical (unpaired) electrons. The Morgan fingerprint density at radius 3 is 2.77 bits per heavy atom. The molecule has 1 saturated heterocycles. The van der Waals surface area contributed by atoms with Crippen LogP contribution in [-0.4, -0.2) is 48.2 Å². The summed E-state index contributed by atoms with van der Waals surface area (Å²) in [6.45, 7) is 2.27. The van der Waals surface area contributed by atoms with Crippen LogP contribution in [0.2, 0.25) is 0 Å². The molecule has 0 aliphatic carbocycles. The fourth-order valence-corrected chi connectivity index (χ4v) is 3.56. The molecule has 1 aliphatic heterocycles. The third-order valence-electron chi connectivity index (χ3n) is 4.92. The number of pyridine rings is 1. The van der Waals surface area contributed by atoms with Gasteiger partial charge in [-0.25, -0.2) is 4.98 Å². The molecule has 3 aromatic rings. The van der Waals surface area contributed by atoms with Crippen molar-refractivity contribution in [2.45, 2.75) is 25.3 Å². The van der Waals surface area contributed by atoms with Gasteiger partial charge in [0.25, 0.3) is 5.91 Å². The highest BCUT2D eigenvalue weighted by atomic mass is 16.2. The Balaban J connectivity index is 1.41. The minimum absolute atomic E-state index is 0.0650. The van der Waals surface area contributed by atoms with Gasteiger partial charge in [-0.1, -0.05) is 6.07 Å². The van der Waals surface area contributed by atoms with E-state index in [0.717, 1.165) is 43.9 Å². The van der Waals surface area contributed by atoms with Gasteiger partial charge < -0.3 is 9.47 Å². The van der Waals surface area contributed by atoms with Crippen molar-refractivity contribution in [2.24, 2.45) is 7.05 Å². The highest BCUT2D eigenvalue weighted by Crippen LogP contribution is 2.28. The Hall–Kier alpha value is -2.96. The van der Waals surface area contributed by atoms with Crippen LogP contribution in [0.1, 0.15) is 40.5 Å². The molecule has 0 spiro atoms. The lowest BCUT2D eigenvalue weighted by Gasteiger charge is -2.31. The molecular formula is C19H22N6O. The fourth-order valence-electron chi connectivity index (χ4n) is 3.56. The fraction of sp³-hybridized carbons (Fsp3) is 0.368. The second kappa shape index (κ2) is 7.11. The maximum Gasteiger partial charge on any atom is 0.257 e. The van der Waals surface area contributed by atoms with Crippen LogP contribution >= 0.6 is 0 Å². The highest BCUT2D eigenvalue weighted by Gasteiger charge is 2.27. The SMILES string of the molecule is Cn1cc(C(=O)N2CCC(c3nccn3Cc3cccnc3)CC2)cn1. The van der Waals surface area contributed by atoms with Crippen LogP contribution in [0.3, 0.4) is 0 Å². The first-order chi connectivity index (χ1) is 12.7. The number of nitrogens with zero attached hydrogens (tertiary/aromatic N) is 6. The van der Waals surface area contributed by atoms with Gasteiger partial charge in [0.15, 0.2) is 0 Å². The zero-order valence-electron chi connectivity index (χ0n) is 14.8. The van der Waals surface area contributed by atoms with Crippen LogP contribution in [-0.2, 0) is 13.6 Å². The zero-order chi connectivity index (χ0) is 17.9. The van der Waals surface area contributed by atoms with Gasteiger partial charge in [-0.2, -0.15) is 5.10 Å². The molecule has 4 rings (SSSR count). The van der Waals surface area contributed by atoms with Gasteiger partial charge in [0, 0.05) is 57.0 Å². The number of aromatic nitrogens is 5.